The van der Waals surface area contributed by atoms with Crippen molar-refractivity contribution in [1.29, 1.82) is 0 Å². The Labute approximate surface area is 89.8 Å². The highest BCUT2D eigenvalue weighted by atomic mass is 14.1. The van der Waals surface area contributed by atoms with E-state index in [4.69, 9.17) is 4.11 Å². The lowest BCUT2D eigenvalue weighted by Crippen LogP contribution is -1.90. The van der Waals surface area contributed by atoms with Crippen LogP contribution >= 0.6 is 0 Å². The first-order chi connectivity index (χ1) is 7.91. The van der Waals surface area contributed by atoms with E-state index in [9.17, 15) is 0 Å². The predicted molar refractivity (Wildman–Crippen MR) is 62.8 cm³/mol. The molecule has 0 bridgehead atoms. The minimum atomic E-state index is -2.05. The molecule has 0 nitrogen and oxygen atoms in total. The van der Waals surface area contributed by atoms with Gasteiger partial charge in [-0.1, -0.05) is 50.2 Å². The molecule has 0 heterocycles. The average molecular weight is 187 g/mol. The average Bonchev–Trinajstić information content (AvgIpc) is 2.26. The van der Waals surface area contributed by atoms with Crippen LogP contribution < -0.4 is 0 Å². The zero-order valence-electron chi connectivity index (χ0n) is 11.5. The van der Waals surface area contributed by atoms with Gasteiger partial charge in [0.2, 0.25) is 0 Å². The number of benzene rings is 2. The van der Waals surface area contributed by atoms with Crippen LogP contribution in [0.4, 0.5) is 0 Å². The molecule has 0 aliphatic rings. The molecule has 0 spiro atoms. The number of hydrogen-bond donors (Lipinski definition) is 0. The van der Waals surface area contributed by atoms with Gasteiger partial charge in [0.25, 0.3) is 0 Å². The number of hydrogen-bond acceptors (Lipinski definition) is 0. The number of rotatable bonds is 1. The van der Waals surface area contributed by atoms with Crippen LogP contribution in [-0.2, 0) is 0 Å². The van der Waals surface area contributed by atoms with Crippen molar-refractivity contribution in [2.24, 2.45) is 0 Å². The Bertz CT molecular complexity index is 533. The number of aryl methyl sites for hydroxylation is 1. The van der Waals surface area contributed by atoms with Gasteiger partial charge in [-0.15, -0.1) is 0 Å². The molecule has 0 aliphatic carbocycles. The van der Waals surface area contributed by atoms with E-state index in [2.05, 4.69) is 13.8 Å². The van der Waals surface area contributed by atoms with Gasteiger partial charge in [0, 0.05) is 4.11 Å². The largest absolute Gasteiger partial charge is 0.0614 e. The van der Waals surface area contributed by atoms with E-state index in [1.807, 2.05) is 30.3 Å². The molecule has 0 saturated heterocycles. The molecule has 0 aromatic heterocycles. The minimum absolute atomic E-state index is 0.321. The van der Waals surface area contributed by atoms with E-state index in [1.54, 1.807) is 6.07 Å². The van der Waals surface area contributed by atoms with Crippen molar-refractivity contribution in [3.05, 3.63) is 47.5 Å². The minimum Gasteiger partial charge on any atom is -0.0614 e. The monoisotopic (exact) mass is 187 g/mol. The summed E-state index contributed by atoms with van der Waals surface area (Å²) in [6.07, 6.45) is 0. The molecular weight excluding hydrogens is 168 g/mol. The second-order valence-corrected chi connectivity index (χ2v) is 3.91. The van der Waals surface area contributed by atoms with Crippen molar-refractivity contribution in [1.82, 2.24) is 0 Å². The van der Waals surface area contributed by atoms with Gasteiger partial charge >= 0.3 is 0 Å². The predicted octanol–water partition coefficient (Wildman–Crippen LogP) is 4.27. The second kappa shape index (κ2) is 3.45. The summed E-state index contributed by atoms with van der Waals surface area (Å²) in [4.78, 5) is 0. The Hall–Kier alpha value is -1.30. The number of fused-ring (bicyclic) bond motifs is 1. The Kier molecular flexibility index (Phi) is 1.54. The van der Waals surface area contributed by atoms with Gasteiger partial charge in [0.1, 0.15) is 0 Å². The lowest BCUT2D eigenvalue weighted by molar-refractivity contribution is 0.875. The highest BCUT2D eigenvalue weighted by Gasteiger charge is 2.05. The van der Waals surface area contributed by atoms with Crippen LogP contribution in [0.1, 0.15) is 35.0 Å². The topological polar surface area (TPSA) is 0 Å². The molecule has 2 rings (SSSR count). The fourth-order valence-corrected chi connectivity index (χ4v) is 1.85. The van der Waals surface area contributed by atoms with E-state index in [0.29, 0.717) is 11.5 Å². The van der Waals surface area contributed by atoms with Gasteiger partial charge in [-0.25, -0.2) is 0 Å². The summed E-state index contributed by atoms with van der Waals surface area (Å²) in [6, 6.07) is 11.5. The lowest BCUT2D eigenvalue weighted by atomic mass is 9.93. The lowest BCUT2D eigenvalue weighted by Gasteiger charge is -2.11. The molecule has 0 unspecified atom stereocenters. The van der Waals surface area contributed by atoms with E-state index in [-0.39, 0.29) is 0 Å². The van der Waals surface area contributed by atoms with E-state index in [0.717, 1.165) is 16.3 Å². The van der Waals surface area contributed by atoms with Crippen LogP contribution in [0.5, 0.6) is 0 Å². The van der Waals surface area contributed by atoms with Gasteiger partial charge < -0.3 is 0 Å². The van der Waals surface area contributed by atoms with Crippen LogP contribution in [0.2, 0.25) is 0 Å². The fraction of sp³-hybridized carbons (Fsp3) is 0.286. The van der Waals surface area contributed by atoms with Gasteiger partial charge in [-0.3, -0.25) is 0 Å². The maximum atomic E-state index is 7.63. The smallest absolute Gasteiger partial charge is 0.0280 e. The van der Waals surface area contributed by atoms with Crippen molar-refractivity contribution < 1.29 is 4.11 Å². The first kappa shape index (κ1) is 6.23. The summed E-state index contributed by atoms with van der Waals surface area (Å²) < 4.78 is 22.9. The molecule has 2 aromatic carbocycles. The highest BCUT2D eigenvalue weighted by molar-refractivity contribution is 5.89. The van der Waals surface area contributed by atoms with Gasteiger partial charge in [-0.05, 0) is 34.7 Å². The molecule has 0 aliphatic heterocycles. The Morgan fingerprint density at radius 1 is 1.07 bits per heavy atom. The molecule has 0 heteroatoms. The van der Waals surface area contributed by atoms with E-state index < -0.39 is 6.85 Å². The standard InChI is InChI=1S/C14H16/c1-10(2)13-9-5-8-12-7-4-6-11(3)14(12)13/h4-10H,1-3H3/i3D3. The van der Waals surface area contributed by atoms with Crippen molar-refractivity contribution >= 4 is 10.8 Å². The third-order valence-electron chi connectivity index (χ3n) is 2.56. The fourth-order valence-electron chi connectivity index (χ4n) is 1.85. The van der Waals surface area contributed by atoms with Gasteiger partial charge in [-0.2, -0.15) is 0 Å². The summed E-state index contributed by atoms with van der Waals surface area (Å²) >= 11 is 0. The Morgan fingerprint density at radius 3 is 2.43 bits per heavy atom. The Balaban J connectivity index is 2.86. The molecule has 72 valence electrons. The normalized spacial score (nSPS) is 15.2. The molecule has 0 saturated carbocycles. The summed E-state index contributed by atoms with van der Waals surface area (Å²) in [5.41, 5.74) is 1.56. The van der Waals surface area contributed by atoms with Gasteiger partial charge in [0.05, 0.1) is 0 Å². The van der Waals surface area contributed by atoms with Crippen LogP contribution in [-0.4, -0.2) is 0 Å². The molecular formula is C14H16. The van der Waals surface area contributed by atoms with Gasteiger partial charge in [0.15, 0.2) is 0 Å². The zero-order chi connectivity index (χ0) is 12.6. The molecule has 2 aromatic rings. The summed E-state index contributed by atoms with van der Waals surface area (Å²) in [6.45, 7) is 2.13. The van der Waals surface area contributed by atoms with Crippen molar-refractivity contribution in [3.8, 4) is 0 Å². The third kappa shape index (κ3) is 1.41. The van der Waals surface area contributed by atoms with Crippen molar-refractivity contribution in [2.45, 2.75) is 26.6 Å². The maximum Gasteiger partial charge on any atom is 0.0280 e. The maximum absolute atomic E-state index is 7.63. The van der Waals surface area contributed by atoms with E-state index in [1.165, 1.54) is 0 Å². The van der Waals surface area contributed by atoms with Crippen molar-refractivity contribution in [2.75, 3.05) is 0 Å². The molecule has 0 amide bonds. The van der Waals surface area contributed by atoms with Crippen LogP contribution in [0.3, 0.4) is 0 Å². The van der Waals surface area contributed by atoms with Crippen molar-refractivity contribution in [3.63, 3.8) is 0 Å². The van der Waals surface area contributed by atoms with E-state index >= 15 is 0 Å². The zero-order valence-corrected chi connectivity index (χ0v) is 8.54. The van der Waals surface area contributed by atoms with Crippen LogP contribution in [0, 0.1) is 6.85 Å². The molecule has 0 atom stereocenters. The summed E-state index contributed by atoms with van der Waals surface area (Å²) in [5, 5.41) is 1.90. The first-order valence-corrected chi connectivity index (χ1v) is 4.93. The molecule has 0 radical (unpaired) electrons. The summed E-state index contributed by atoms with van der Waals surface area (Å²) in [7, 11) is 0. The highest BCUT2D eigenvalue weighted by Crippen LogP contribution is 2.27. The molecule has 0 N–H and O–H groups in total. The Morgan fingerprint density at radius 2 is 1.79 bits per heavy atom. The van der Waals surface area contributed by atoms with Crippen LogP contribution in [0.25, 0.3) is 10.8 Å². The third-order valence-corrected chi connectivity index (χ3v) is 2.56. The van der Waals surface area contributed by atoms with Crippen LogP contribution in [0.15, 0.2) is 36.4 Å². The SMILES string of the molecule is [2H]C([2H])([2H])c1cccc2cccc(C(C)C)c12. The summed E-state index contributed by atoms with van der Waals surface area (Å²) in [5.74, 6) is 0.321. The first-order valence-electron chi connectivity index (χ1n) is 6.43. The molecule has 0 fully saturated rings. The molecule has 14 heavy (non-hydrogen) atoms. The second-order valence-electron chi connectivity index (χ2n) is 3.91. The quantitative estimate of drug-likeness (QED) is 0.625.